The van der Waals surface area contributed by atoms with Gasteiger partial charge in [-0.05, 0) is 43.9 Å². The molecule has 0 aliphatic heterocycles. The maximum Gasteiger partial charge on any atom is 0.120 e. The predicted molar refractivity (Wildman–Crippen MR) is 52.7 cm³/mol. The van der Waals surface area contributed by atoms with Crippen molar-refractivity contribution in [2.24, 2.45) is 5.73 Å². The van der Waals surface area contributed by atoms with Crippen molar-refractivity contribution in [1.29, 1.82) is 0 Å². The Morgan fingerprint density at radius 2 is 1.92 bits per heavy atom. The lowest BCUT2D eigenvalue weighted by Crippen LogP contribution is -2.20. The SMILES string of the molecule is Cc1ccc(O)c(C2(N)CC2)c1C. The van der Waals surface area contributed by atoms with Gasteiger partial charge < -0.3 is 10.8 Å². The first-order chi connectivity index (χ1) is 6.04. The van der Waals surface area contributed by atoms with E-state index in [1.165, 1.54) is 5.56 Å². The molecule has 0 radical (unpaired) electrons. The minimum absolute atomic E-state index is 0.236. The average Bonchev–Trinajstić information content (AvgIpc) is 2.78. The van der Waals surface area contributed by atoms with Crippen molar-refractivity contribution in [3.05, 3.63) is 28.8 Å². The summed E-state index contributed by atoms with van der Waals surface area (Å²) in [6, 6.07) is 3.67. The van der Waals surface area contributed by atoms with Gasteiger partial charge in [0.2, 0.25) is 0 Å². The van der Waals surface area contributed by atoms with Gasteiger partial charge in [0.25, 0.3) is 0 Å². The Bertz CT molecular complexity index is 353. The zero-order valence-corrected chi connectivity index (χ0v) is 8.09. The van der Waals surface area contributed by atoms with Crippen LogP contribution in [0.4, 0.5) is 0 Å². The number of phenols is 1. The molecule has 1 aromatic rings. The van der Waals surface area contributed by atoms with E-state index in [9.17, 15) is 5.11 Å². The van der Waals surface area contributed by atoms with Gasteiger partial charge in [0.1, 0.15) is 5.75 Å². The highest BCUT2D eigenvalue weighted by Crippen LogP contribution is 2.48. The number of nitrogens with two attached hydrogens (primary N) is 1. The van der Waals surface area contributed by atoms with Crippen LogP contribution >= 0.6 is 0 Å². The average molecular weight is 177 g/mol. The Hall–Kier alpha value is -1.02. The van der Waals surface area contributed by atoms with Crippen molar-refractivity contribution in [3.63, 3.8) is 0 Å². The maximum atomic E-state index is 9.71. The summed E-state index contributed by atoms with van der Waals surface area (Å²) in [5.74, 6) is 0.350. The van der Waals surface area contributed by atoms with Crippen LogP contribution in [0.15, 0.2) is 12.1 Å². The number of rotatable bonds is 1. The molecule has 0 spiro atoms. The van der Waals surface area contributed by atoms with Gasteiger partial charge in [0.05, 0.1) is 0 Å². The standard InChI is InChI=1S/C11H15NO/c1-7-3-4-9(13)10(8(7)2)11(12)5-6-11/h3-4,13H,5-6,12H2,1-2H3. The third-order valence-corrected chi connectivity index (χ3v) is 3.00. The number of phenolic OH excluding ortho intramolecular Hbond substituents is 1. The first-order valence-electron chi connectivity index (χ1n) is 4.63. The third kappa shape index (κ3) is 1.22. The second-order valence-electron chi connectivity index (χ2n) is 4.06. The smallest absolute Gasteiger partial charge is 0.120 e. The molecule has 13 heavy (non-hydrogen) atoms. The molecule has 0 unspecified atom stereocenters. The molecule has 1 aromatic carbocycles. The third-order valence-electron chi connectivity index (χ3n) is 3.00. The molecule has 1 aliphatic carbocycles. The van der Waals surface area contributed by atoms with Crippen LogP contribution in [-0.2, 0) is 5.54 Å². The van der Waals surface area contributed by atoms with Crippen molar-refractivity contribution in [2.45, 2.75) is 32.2 Å². The summed E-state index contributed by atoms with van der Waals surface area (Å²) in [7, 11) is 0. The molecule has 0 heterocycles. The second kappa shape index (κ2) is 2.48. The van der Waals surface area contributed by atoms with Gasteiger partial charge in [-0.2, -0.15) is 0 Å². The minimum atomic E-state index is -0.236. The summed E-state index contributed by atoms with van der Waals surface area (Å²) in [6.45, 7) is 4.07. The van der Waals surface area contributed by atoms with E-state index in [1.807, 2.05) is 19.9 Å². The Morgan fingerprint density at radius 1 is 1.31 bits per heavy atom. The second-order valence-corrected chi connectivity index (χ2v) is 4.06. The van der Waals surface area contributed by atoms with E-state index in [0.717, 1.165) is 24.0 Å². The summed E-state index contributed by atoms with van der Waals surface area (Å²) < 4.78 is 0. The van der Waals surface area contributed by atoms with Crippen LogP contribution in [0.5, 0.6) is 5.75 Å². The number of aromatic hydroxyl groups is 1. The van der Waals surface area contributed by atoms with Gasteiger partial charge >= 0.3 is 0 Å². The molecule has 1 aliphatic rings. The first kappa shape index (κ1) is 8.57. The van der Waals surface area contributed by atoms with E-state index < -0.39 is 0 Å². The maximum absolute atomic E-state index is 9.71. The topological polar surface area (TPSA) is 46.2 Å². The molecular weight excluding hydrogens is 162 g/mol. The van der Waals surface area contributed by atoms with Crippen LogP contribution < -0.4 is 5.73 Å². The van der Waals surface area contributed by atoms with E-state index in [1.54, 1.807) is 6.07 Å². The molecule has 0 aromatic heterocycles. The molecule has 3 N–H and O–H groups in total. The molecule has 2 heteroatoms. The number of benzene rings is 1. The van der Waals surface area contributed by atoms with Gasteiger partial charge in [-0.1, -0.05) is 6.07 Å². The molecule has 0 bridgehead atoms. The van der Waals surface area contributed by atoms with Crippen molar-refractivity contribution < 1.29 is 5.11 Å². The Balaban J connectivity index is 2.61. The fourth-order valence-corrected chi connectivity index (χ4v) is 1.81. The summed E-state index contributed by atoms with van der Waals surface area (Å²) in [6.07, 6.45) is 1.98. The van der Waals surface area contributed by atoms with E-state index in [4.69, 9.17) is 5.73 Å². The molecule has 1 saturated carbocycles. The molecule has 0 saturated heterocycles. The highest BCUT2D eigenvalue weighted by molar-refractivity contribution is 5.49. The molecule has 2 rings (SSSR count). The summed E-state index contributed by atoms with van der Waals surface area (Å²) in [4.78, 5) is 0. The van der Waals surface area contributed by atoms with Crippen LogP contribution in [-0.4, -0.2) is 5.11 Å². The molecule has 2 nitrogen and oxygen atoms in total. The van der Waals surface area contributed by atoms with Crippen molar-refractivity contribution >= 4 is 0 Å². The monoisotopic (exact) mass is 177 g/mol. The van der Waals surface area contributed by atoms with E-state index in [0.29, 0.717) is 5.75 Å². The van der Waals surface area contributed by atoms with Crippen molar-refractivity contribution in [3.8, 4) is 5.75 Å². The zero-order valence-electron chi connectivity index (χ0n) is 8.09. The molecule has 70 valence electrons. The highest BCUT2D eigenvalue weighted by Gasteiger charge is 2.43. The van der Waals surface area contributed by atoms with Gasteiger partial charge in [0.15, 0.2) is 0 Å². The first-order valence-corrected chi connectivity index (χ1v) is 4.63. The Morgan fingerprint density at radius 3 is 2.46 bits per heavy atom. The Kier molecular flexibility index (Phi) is 1.64. The molecule has 0 atom stereocenters. The highest BCUT2D eigenvalue weighted by atomic mass is 16.3. The normalized spacial score (nSPS) is 18.7. The van der Waals surface area contributed by atoms with Crippen molar-refractivity contribution in [1.82, 2.24) is 0 Å². The van der Waals surface area contributed by atoms with Crippen LogP contribution in [0, 0.1) is 13.8 Å². The Labute approximate surface area is 78.4 Å². The summed E-state index contributed by atoms with van der Waals surface area (Å²) in [5.41, 5.74) is 9.13. The van der Waals surface area contributed by atoms with Crippen LogP contribution in [0.1, 0.15) is 29.5 Å². The fourth-order valence-electron chi connectivity index (χ4n) is 1.81. The fraction of sp³-hybridized carbons (Fsp3) is 0.455. The van der Waals surface area contributed by atoms with Gasteiger partial charge in [-0.15, -0.1) is 0 Å². The summed E-state index contributed by atoms with van der Waals surface area (Å²) in [5, 5.41) is 9.71. The lowest BCUT2D eigenvalue weighted by molar-refractivity contribution is 0.458. The van der Waals surface area contributed by atoms with E-state index in [2.05, 4.69) is 0 Å². The number of hydrogen-bond donors (Lipinski definition) is 2. The largest absolute Gasteiger partial charge is 0.508 e. The van der Waals surface area contributed by atoms with Crippen molar-refractivity contribution in [2.75, 3.05) is 0 Å². The van der Waals surface area contributed by atoms with Gasteiger partial charge in [-0.3, -0.25) is 0 Å². The molecule has 1 fully saturated rings. The van der Waals surface area contributed by atoms with E-state index >= 15 is 0 Å². The molecular formula is C11H15NO. The lowest BCUT2D eigenvalue weighted by Gasteiger charge is -2.16. The number of hydrogen-bond acceptors (Lipinski definition) is 2. The van der Waals surface area contributed by atoms with Crippen LogP contribution in [0.25, 0.3) is 0 Å². The number of aryl methyl sites for hydroxylation is 1. The van der Waals surface area contributed by atoms with E-state index in [-0.39, 0.29) is 5.54 Å². The quantitative estimate of drug-likeness (QED) is 0.688. The van der Waals surface area contributed by atoms with Gasteiger partial charge in [0, 0.05) is 11.1 Å². The summed E-state index contributed by atoms with van der Waals surface area (Å²) >= 11 is 0. The minimum Gasteiger partial charge on any atom is -0.508 e. The molecule has 0 amide bonds. The van der Waals surface area contributed by atoms with Crippen LogP contribution in [0.2, 0.25) is 0 Å². The predicted octanol–water partition coefficient (Wildman–Crippen LogP) is 1.96. The van der Waals surface area contributed by atoms with Crippen LogP contribution in [0.3, 0.4) is 0 Å². The lowest BCUT2D eigenvalue weighted by atomic mass is 9.95. The van der Waals surface area contributed by atoms with Gasteiger partial charge in [-0.25, -0.2) is 0 Å². The zero-order chi connectivity index (χ0) is 9.64.